The third-order valence-corrected chi connectivity index (χ3v) is 3.06. The van der Waals surface area contributed by atoms with Crippen molar-refractivity contribution in [2.24, 2.45) is 5.73 Å². The van der Waals surface area contributed by atoms with Gasteiger partial charge in [0.1, 0.15) is 0 Å². The molecule has 0 fully saturated rings. The highest BCUT2D eigenvalue weighted by molar-refractivity contribution is 9.10. The molecule has 4 nitrogen and oxygen atoms in total. The molecule has 5 heteroatoms. The normalized spacial score (nSPS) is 10.2. The van der Waals surface area contributed by atoms with E-state index in [9.17, 15) is 4.79 Å². The van der Waals surface area contributed by atoms with E-state index in [1.54, 1.807) is 6.20 Å². The first-order valence-electron chi connectivity index (χ1n) is 5.85. The second kappa shape index (κ2) is 6.33. The van der Waals surface area contributed by atoms with E-state index in [-0.39, 0.29) is 12.3 Å². The van der Waals surface area contributed by atoms with Crippen molar-refractivity contribution in [3.05, 3.63) is 58.3 Å². The summed E-state index contributed by atoms with van der Waals surface area (Å²) in [6, 6.07) is 11.6. The van der Waals surface area contributed by atoms with Crippen LogP contribution in [0.4, 0.5) is 5.69 Å². The number of aromatic nitrogens is 1. The quantitative estimate of drug-likeness (QED) is 0.889. The summed E-state index contributed by atoms with van der Waals surface area (Å²) in [5, 5.41) is 3.27. The molecule has 1 heterocycles. The van der Waals surface area contributed by atoms with Gasteiger partial charge in [-0.3, -0.25) is 9.78 Å². The van der Waals surface area contributed by atoms with E-state index in [2.05, 4.69) is 26.2 Å². The van der Waals surface area contributed by atoms with Gasteiger partial charge in [-0.1, -0.05) is 12.1 Å². The maximum absolute atomic E-state index is 10.8. The van der Waals surface area contributed by atoms with Crippen LogP contribution in [0.25, 0.3) is 0 Å². The number of amides is 1. The van der Waals surface area contributed by atoms with Crippen LogP contribution in [0.15, 0.2) is 47.1 Å². The molecule has 19 heavy (non-hydrogen) atoms. The summed E-state index contributed by atoms with van der Waals surface area (Å²) in [4.78, 5) is 15.1. The van der Waals surface area contributed by atoms with Gasteiger partial charge in [0.05, 0.1) is 18.7 Å². The van der Waals surface area contributed by atoms with Crippen molar-refractivity contribution in [2.45, 2.75) is 13.0 Å². The lowest BCUT2D eigenvalue weighted by Gasteiger charge is -2.07. The lowest BCUT2D eigenvalue weighted by molar-refractivity contribution is -0.117. The van der Waals surface area contributed by atoms with E-state index in [1.807, 2.05) is 36.4 Å². The molecular weight excluding hydrogens is 306 g/mol. The molecular formula is C14H14BrN3O. The van der Waals surface area contributed by atoms with E-state index in [4.69, 9.17) is 5.73 Å². The highest BCUT2D eigenvalue weighted by Gasteiger charge is 1.99. The van der Waals surface area contributed by atoms with Gasteiger partial charge in [-0.2, -0.15) is 0 Å². The fourth-order valence-electron chi connectivity index (χ4n) is 1.65. The number of hydrogen-bond acceptors (Lipinski definition) is 3. The number of carbonyl (C=O) groups is 1. The first-order chi connectivity index (χ1) is 9.13. The Morgan fingerprint density at radius 1 is 1.21 bits per heavy atom. The Kier molecular flexibility index (Phi) is 4.52. The number of hydrogen-bond donors (Lipinski definition) is 2. The van der Waals surface area contributed by atoms with Crippen molar-refractivity contribution in [1.82, 2.24) is 4.98 Å². The Hall–Kier alpha value is -1.88. The standard InChI is InChI=1S/C14H14BrN3O/c15-11-3-6-13(17-8-11)9-18-12-4-1-10(2-5-12)7-14(16)19/h1-6,8,18H,7,9H2,(H2,16,19). The third-order valence-electron chi connectivity index (χ3n) is 2.59. The Labute approximate surface area is 120 Å². The molecule has 0 saturated heterocycles. The number of nitrogens with two attached hydrogens (primary N) is 1. The number of benzene rings is 1. The molecule has 1 aromatic heterocycles. The highest BCUT2D eigenvalue weighted by Crippen LogP contribution is 2.12. The summed E-state index contributed by atoms with van der Waals surface area (Å²) in [5.74, 6) is -0.320. The van der Waals surface area contributed by atoms with Gasteiger partial charge in [0.25, 0.3) is 0 Å². The summed E-state index contributed by atoms with van der Waals surface area (Å²) in [6.45, 7) is 0.655. The average molecular weight is 320 g/mol. The Morgan fingerprint density at radius 3 is 2.53 bits per heavy atom. The lowest BCUT2D eigenvalue weighted by atomic mass is 10.1. The molecule has 2 rings (SSSR count). The van der Waals surface area contributed by atoms with Crippen LogP contribution in [0.1, 0.15) is 11.3 Å². The van der Waals surface area contributed by atoms with E-state index >= 15 is 0 Å². The highest BCUT2D eigenvalue weighted by atomic mass is 79.9. The Balaban J connectivity index is 1.92. The summed E-state index contributed by atoms with van der Waals surface area (Å²) in [7, 11) is 0. The van der Waals surface area contributed by atoms with Crippen molar-refractivity contribution >= 4 is 27.5 Å². The number of nitrogens with zero attached hydrogens (tertiary/aromatic N) is 1. The average Bonchev–Trinajstić information content (AvgIpc) is 2.39. The molecule has 0 unspecified atom stereocenters. The molecule has 0 bridgehead atoms. The molecule has 0 aliphatic heterocycles. The molecule has 3 N–H and O–H groups in total. The summed E-state index contributed by atoms with van der Waals surface area (Å²) >= 11 is 3.35. The SMILES string of the molecule is NC(=O)Cc1ccc(NCc2ccc(Br)cn2)cc1. The van der Waals surface area contributed by atoms with Crippen LogP contribution in [0.5, 0.6) is 0 Å². The van der Waals surface area contributed by atoms with Crippen LogP contribution in [0.2, 0.25) is 0 Å². The van der Waals surface area contributed by atoms with Crippen LogP contribution in [0.3, 0.4) is 0 Å². The van der Waals surface area contributed by atoms with Crippen LogP contribution in [-0.4, -0.2) is 10.9 Å². The summed E-state index contributed by atoms with van der Waals surface area (Å²) < 4.78 is 0.965. The van der Waals surface area contributed by atoms with Crippen molar-refractivity contribution in [3.8, 4) is 0 Å². The van der Waals surface area contributed by atoms with Gasteiger partial charge >= 0.3 is 0 Å². The van der Waals surface area contributed by atoms with Gasteiger partial charge in [-0.05, 0) is 45.8 Å². The van der Waals surface area contributed by atoms with Gasteiger partial charge in [-0.15, -0.1) is 0 Å². The van der Waals surface area contributed by atoms with Gasteiger partial charge < -0.3 is 11.1 Å². The number of primary amides is 1. The minimum atomic E-state index is -0.320. The number of anilines is 1. The largest absolute Gasteiger partial charge is 0.379 e. The van der Waals surface area contributed by atoms with Gasteiger partial charge in [0.15, 0.2) is 0 Å². The predicted molar refractivity (Wildman–Crippen MR) is 78.6 cm³/mol. The maximum atomic E-state index is 10.8. The zero-order valence-electron chi connectivity index (χ0n) is 10.3. The number of carbonyl (C=O) groups excluding carboxylic acids is 1. The van der Waals surface area contributed by atoms with E-state index in [0.29, 0.717) is 6.54 Å². The smallest absolute Gasteiger partial charge is 0.221 e. The number of pyridine rings is 1. The van der Waals surface area contributed by atoms with E-state index < -0.39 is 0 Å². The molecule has 0 saturated carbocycles. The van der Waals surface area contributed by atoms with Crippen LogP contribution >= 0.6 is 15.9 Å². The van der Waals surface area contributed by atoms with Crippen molar-refractivity contribution < 1.29 is 4.79 Å². The second-order valence-corrected chi connectivity index (χ2v) is 5.08. The maximum Gasteiger partial charge on any atom is 0.221 e. The zero-order valence-corrected chi connectivity index (χ0v) is 11.9. The first kappa shape index (κ1) is 13.5. The fraction of sp³-hybridized carbons (Fsp3) is 0.143. The minimum absolute atomic E-state index is 0.272. The predicted octanol–water partition coefficient (Wildman–Crippen LogP) is 2.48. The van der Waals surface area contributed by atoms with Crippen LogP contribution in [0, 0.1) is 0 Å². The summed E-state index contributed by atoms with van der Waals surface area (Å²) in [6.07, 6.45) is 2.04. The molecule has 0 atom stereocenters. The fourth-order valence-corrected chi connectivity index (χ4v) is 1.88. The van der Waals surface area contributed by atoms with Gasteiger partial charge in [-0.25, -0.2) is 0 Å². The van der Waals surface area contributed by atoms with Crippen molar-refractivity contribution in [2.75, 3.05) is 5.32 Å². The van der Waals surface area contributed by atoms with Gasteiger partial charge in [0.2, 0.25) is 5.91 Å². The van der Waals surface area contributed by atoms with E-state index in [1.165, 1.54) is 0 Å². The Morgan fingerprint density at radius 2 is 1.95 bits per heavy atom. The number of nitrogens with one attached hydrogen (secondary N) is 1. The third kappa shape index (κ3) is 4.37. The lowest BCUT2D eigenvalue weighted by Crippen LogP contribution is -2.13. The molecule has 1 aromatic carbocycles. The Bertz CT molecular complexity index is 552. The minimum Gasteiger partial charge on any atom is -0.379 e. The zero-order chi connectivity index (χ0) is 13.7. The second-order valence-electron chi connectivity index (χ2n) is 4.16. The van der Waals surface area contributed by atoms with Crippen LogP contribution < -0.4 is 11.1 Å². The topological polar surface area (TPSA) is 68.0 Å². The molecule has 2 aromatic rings. The van der Waals surface area contributed by atoms with E-state index in [0.717, 1.165) is 21.4 Å². The molecule has 98 valence electrons. The molecule has 0 radical (unpaired) electrons. The van der Waals surface area contributed by atoms with Crippen LogP contribution in [-0.2, 0) is 17.8 Å². The number of halogens is 1. The number of rotatable bonds is 5. The first-order valence-corrected chi connectivity index (χ1v) is 6.64. The molecule has 0 spiro atoms. The molecule has 0 aliphatic rings. The summed E-state index contributed by atoms with van der Waals surface area (Å²) in [5.41, 5.74) is 8.01. The monoisotopic (exact) mass is 319 g/mol. The van der Waals surface area contributed by atoms with Crippen molar-refractivity contribution in [3.63, 3.8) is 0 Å². The van der Waals surface area contributed by atoms with Gasteiger partial charge in [0, 0.05) is 16.4 Å². The van der Waals surface area contributed by atoms with Crippen molar-refractivity contribution in [1.29, 1.82) is 0 Å². The molecule has 1 amide bonds. The molecule has 0 aliphatic carbocycles.